The summed E-state index contributed by atoms with van der Waals surface area (Å²) in [5.74, 6) is -0.530. The highest BCUT2D eigenvalue weighted by atomic mass is 35.5. The Morgan fingerprint density at radius 2 is 1.87 bits per heavy atom. The number of ether oxygens (including phenoxy) is 2. The van der Waals surface area contributed by atoms with Crippen LogP contribution in [-0.2, 0) is 4.79 Å². The minimum absolute atomic E-state index is 0.0679. The first-order chi connectivity index (χ1) is 18.4. The fraction of sp³-hybridized carbons (Fsp3) is 0.414. The van der Waals surface area contributed by atoms with Crippen LogP contribution < -0.4 is 19.7 Å². The maximum absolute atomic E-state index is 14.7. The number of benzene rings is 3. The standard InChI is InChI=1S/C29H31ClFN3O4/c30-22-4-2-19-13-23(5-3-18(19)12-22)34-9-6-20(16-34)29(36)32-25(17-33-7-1-8-33)27(35)21-14-24(31)28-26(15-21)37-10-11-38-28/h2-5,12-15,20,25,27,35H,1,6-11,16-17H2,(H,32,36)/t20-,25+,27+/m0/s1. The number of fused-ring (bicyclic) bond motifs is 2. The molecule has 3 heterocycles. The summed E-state index contributed by atoms with van der Waals surface area (Å²) >= 11 is 6.12. The number of rotatable bonds is 7. The lowest BCUT2D eigenvalue weighted by molar-refractivity contribution is -0.126. The third-order valence-corrected chi connectivity index (χ3v) is 8.02. The number of likely N-dealkylation sites (tertiary alicyclic amines) is 1. The summed E-state index contributed by atoms with van der Waals surface area (Å²) in [7, 11) is 0. The van der Waals surface area contributed by atoms with Crippen LogP contribution in [0.1, 0.15) is 24.5 Å². The number of nitrogens with one attached hydrogen (secondary N) is 1. The number of halogens is 2. The summed E-state index contributed by atoms with van der Waals surface area (Å²) in [6, 6.07) is 14.4. The summed E-state index contributed by atoms with van der Waals surface area (Å²) in [6.07, 6.45) is 0.718. The molecule has 0 radical (unpaired) electrons. The minimum Gasteiger partial charge on any atom is -0.486 e. The molecule has 3 aromatic rings. The Kier molecular flexibility index (Phi) is 7.03. The summed E-state index contributed by atoms with van der Waals surface area (Å²) in [4.78, 5) is 17.8. The third kappa shape index (κ3) is 5.13. The second kappa shape index (κ2) is 10.6. The Balaban J connectivity index is 1.16. The molecule has 3 aromatic carbocycles. The van der Waals surface area contributed by atoms with Crippen molar-refractivity contribution in [2.75, 3.05) is 50.8 Å². The molecule has 6 rings (SSSR count). The van der Waals surface area contributed by atoms with Crippen LogP contribution in [-0.4, -0.2) is 67.9 Å². The number of aliphatic hydroxyl groups excluding tert-OH is 1. The highest BCUT2D eigenvalue weighted by molar-refractivity contribution is 6.31. The van der Waals surface area contributed by atoms with Crippen molar-refractivity contribution in [2.45, 2.75) is 25.0 Å². The van der Waals surface area contributed by atoms with Crippen molar-refractivity contribution in [2.24, 2.45) is 5.92 Å². The van der Waals surface area contributed by atoms with Gasteiger partial charge in [-0.25, -0.2) is 4.39 Å². The lowest BCUT2D eigenvalue weighted by atomic mass is 9.98. The van der Waals surface area contributed by atoms with Gasteiger partial charge in [-0.05, 0) is 78.7 Å². The van der Waals surface area contributed by atoms with Crippen molar-refractivity contribution in [1.29, 1.82) is 0 Å². The number of amides is 1. The van der Waals surface area contributed by atoms with Crippen LogP contribution in [0.4, 0.5) is 10.1 Å². The van der Waals surface area contributed by atoms with Gasteiger partial charge in [0.2, 0.25) is 5.91 Å². The number of nitrogens with zero attached hydrogens (tertiary/aromatic N) is 2. The predicted molar refractivity (Wildman–Crippen MR) is 145 cm³/mol. The molecule has 0 aliphatic carbocycles. The molecule has 200 valence electrons. The van der Waals surface area contributed by atoms with E-state index in [-0.39, 0.29) is 29.9 Å². The van der Waals surface area contributed by atoms with Gasteiger partial charge in [0.1, 0.15) is 19.3 Å². The molecule has 2 saturated heterocycles. The Hall–Kier alpha value is -3.07. The molecule has 7 nitrogen and oxygen atoms in total. The monoisotopic (exact) mass is 539 g/mol. The average molecular weight is 540 g/mol. The van der Waals surface area contributed by atoms with Crippen molar-refractivity contribution in [3.8, 4) is 11.5 Å². The molecular formula is C29H31ClFN3O4. The third-order valence-electron chi connectivity index (χ3n) is 7.78. The molecule has 2 N–H and O–H groups in total. The Bertz CT molecular complexity index is 1350. The molecule has 1 amide bonds. The lowest BCUT2D eigenvalue weighted by Gasteiger charge is -2.36. The quantitative estimate of drug-likeness (QED) is 0.470. The number of hydrogen-bond acceptors (Lipinski definition) is 6. The molecular weight excluding hydrogens is 509 g/mol. The number of hydrogen-bond donors (Lipinski definition) is 2. The van der Waals surface area contributed by atoms with Crippen molar-refractivity contribution in [3.05, 3.63) is 64.9 Å². The maximum Gasteiger partial charge on any atom is 0.225 e. The van der Waals surface area contributed by atoms with E-state index in [2.05, 4.69) is 33.3 Å². The number of carbonyl (C=O) groups excluding carboxylic acids is 1. The van der Waals surface area contributed by atoms with Crippen molar-refractivity contribution >= 4 is 34.0 Å². The van der Waals surface area contributed by atoms with Gasteiger partial charge in [-0.1, -0.05) is 23.7 Å². The zero-order valence-electron chi connectivity index (χ0n) is 21.0. The second-order valence-electron chi connectivity index (χ2n) is 10.3. The van der Waals surface area contributed by atoms with Gasteiger partial charge in [-0.3, -0.25) is 4.79 Å². The summed E-state index contributed by atoms with van der Waals surface area (Å²) in [5.41, 5.74) is 1.43. The molecule has 9 heteroatoms. The molecule has 38 heavy (non-hydrogen) atoms. The Morgan fingerprint density at radius 3 is 2.68 bits per heavy atom. The molecule has 0 saturated carbocycles. The summed E-state index contributed by atoms with van der Waals surface area (Å²) < 4.78 is 25.6. The Labute approximate surface area is 226 Å². The average Bonchev–Trinajstić information content (AvgIpc) is 3.40. The van der Waals surface area contributed by atoms with Gasteiger partial charge in [-0.2, -0.15) is 0 Å². The van der Waals surface area contributed by atoms with Crippen molar-refractivity contribution < 1.29 is 23.8 Å². The predicted octanol–water partition coefficient (Wildman–Crippen LogP) is 4.15. The Morgan fingerprint density at radius 1 is 1.08 bits per heavy atom. The van der Waals surface area contributed by atoms with E-state index in [4.69, 9.17) is 21.1 Å². The van der Waals surface area contributed by atoms with Gasteiger partial charge >= 0.3 is 0 Å². The number of aliphatic hydroxyl groups is 1. The van der Waals surface area contributed by atoms with Crippen LogP contribution in [0.15, 0.2) is 48.5 Å². The van der Waals surface area contributed by atoms with Gasteiger partial charge in [0.05, 0.1) is 12.0 Å². The van der Waals surface area contributed by atoms with E-state index in [1.165, 1.54) is 6.07 Å². The van der Waals surface area contributed by atoms with E-state index in [1.54, 1.807) is 6.07 Å². The SMILES string of the molecule is O=C(N[C@H](CN1CCC1)[C@H](O)c1cc(F)c2c(c1)OCCO2)[C@H]1CCN(c2ccc3cc(Cl)ccc3c2)C1. The highest BCUT2D eigenvalue weighted by Crippen LogP contribution is 2.37. The molecule has 0 aromatic heterocycles. The van der Waals surface area contributed by atoms with Crippen LogP contribution in [0.5, 0.6) is 11.5 Å². The first-order valence-corrected chi connectivity index (χ1v) is 13.6. The lowest BCUT2D eigenvalue weighted by Crippen LogP contribution is -2.52. The first-order valence-electron chi connectivity index (χ1n) is 13.2. The number of carbonyl (C=O) groups is 1. The van der Waals surface area contributed by atoms with Gasteiger partial charge in [0.25, 0.3) is 0 Å². The molecule has 0 bridgehead atoms. The zero-order chi connectivity index (χ0) is 26.2. The van der Waals surface area contributed by atoms with E-state index < -0.39 is 18.0 Å². The van der Waals surface area contributed by atoms with E-state index in [9.17, 15) is 14.3 Å². The minimum atomic E-state index is -1.09. The van der Waals surface area contributed by atoms with E-state index in [0.29, 0.717) is 30.3 Å². The zero-order valence-corrected chi connectivity index (χ0v) is 21.8. The summed E-state index contributed by atoms with van der Waals surface area (Å²) in [5, 5.41) is 17.3. The molecule has 3 atom stereocenters. The van der Waals surface area contributed by atoms with E-state index in [1.807, 2.05) is 18.2 Å². The second-order valence-corrected chi connectivity index (χ2v) is 10.8. The van der Waals surface area contributed by atoms with Gasteiger partial charge in [0.15, 0.2) is 17.3 Å². The van der Waals surface area contributed by atoms with E-state index >= 15 is 0 Å². The van der Waals surface area contributed by atoms with Gasteiger partial charge in [0, 0.05) is 30.3 Å². The molecule has 2 fully saturated rings. The van der Waals surface area contributed by atoms with Crippen LogP contribution in [0, 0.1) is 11.7 Å². The van der Waals surface area contributed by atoms with Crippen LogP contribution in [0.25, 0.3) is 10.8 Å². The van der Waals surface area contributed by atoms with Crippen molar-refractivity contribution in [1.82, 2.24) is 10.2 Å². The normalized spacial score (nSPS) is 20.7. The topological polar surface area (TPSA) is 74.3 Å². The molecule has 3 aliphatic heterocycles. The van der Waals surface area contributed by atoms with Crippen LogP contribution in [0.2, 0.25) is 5.02 Å². The van der Waals surface area contributed by atoms with Gasteiger partial charge in [-0.15, -0.1) is 0 Å². The molecule has 0 unspecified atom stereocenters. The highest BCUT2D eigenvalue weighted by Gasteiger charge is 2.34. The van der Waals surface area contributed by atoms with E-state index in [0.717, 1.165) is 48.9 Å². The van der Waals surface area contributed by atoms with Crippen molar-refractivity contribution in [3.63, 3.8) is 0 Å². The maximum atomic E-state index is 14.7. The smallest absolute Gasteiger partial charge is 0.225 e. The molecule has 3 aliphatic rings. The molecule has 0 spiro atoms. The largest absolute Gasteiger partial charge is 0.486 e. The fourth-order valence-corrected chi connectivity index (χ4v) is 5.69. The fourth-order valence-electron chi connectivity index (χ4n) is 5.51. The van der Waals surface area contributed by atoms with Crippen LogP contribution >= 0.6 is 11.6 Å². The number of anilines is 1. The van der Waals surface area contributed by atoms with Crippen LogP contribution in [0.3, 0.4) is 0 Å². The first kappa shape index (κ1) is 25.2. The summed E-state index contributed by atoms with van der Waals surface area (Å²) in [6.45, 7) is 4.29. The van der Waals surface area contributed by atoms with Gasteiger partial charge < -0.3 is 29.7 Å².